The maximum atomic E-state index is 11.7. The second kappa shape index (κ2) is 8.63. The highest BCUT2D eigenvalue weighted by atomic mass is 32.3. The van der Waals surface area contributed by atoms with Gasteiger partial charge in [0.2, 0.25) is 5.91 Å². The molecule has 2 atom stereocenters. The number of hydrogen-bond acceptors (Lipinski definition) is 9. The van der Waals surface area contributed by atoms with E-state index in [-0.39, 0.29) is 6.42 Å². The molecule has 27 heavy (non-hydrogen) atoms. The molecule has 0 radical (unpaired) electrons. The molecule has 0 saturated carbocycles. The number of carbonyl (C=O) groups excluding carboxylic acids is 1. The van der Waals surface area contributed by atoms with Crippen LogP contribution < -0.4 is 16.4 Å². The molecule has 0 bridgehead atoms. The van der Waals surface area contributed by atoms with Gasteiger partial charge in [-0.05, 0) is 19.3 Å². The van der Waals surface area contributed by atoms with Gasteiger partial charge in [0.25, 0.3) is 0 Å². The van der Waals surface area contributed by atoms with Crippen LogP contribution in [0.1, 0.15) is 43.2 Å². The van der Waals surface area contributed by atoms with Gasteiger partial charge in [0.05, 0.1) is 12.1 Å². The molecule has 3 heterocycles. The monoisotopic (exact) mass is 403 g/mol. The molecule has 5 N–H and O–H groups in total. The van der Waals surface area contributed by atoms with Gasteiger partial charge in [0.15, 0.2) is 0 Å². The standard InChI is InChI=1S/C15H25N5O6S/c16-13(3-1-11-2-4-15(21)20(11)26-27(22,23)24)14-7-12(25-19-14)5-6-18-10-8-17-9-10/h7,10-11,13,17-18H,1-6,8-9,16H2,(H,22,23,24)/t11-,13+/m1/s1. The first kappa shape index (κ1) is 20.2. The van der Waals surface area contributed by atoms with Gasteiger partial charge in [-0.2, -0.15) is 13.5 Å². The topological polar surface area (TPSA) is 160 Å². The molecule has 1 aromatic rings. The summed E-state index contributed by atoms with van der Waals surface area (Å²) in [7, 11) is -4.74. The Morgan fingerprint density at radius 3 is 2.96 bits per heavy atom. The normalized spacial score (nSPS) is 22.2. The summed E-state index contributed by atoms with van der Waals surface area (Å²) in [5, 5.41) is 11.3. The average molecular weight is 403 g/mol. The molecule has 2 aliphatic heterocycles. The van der Waals surface area contributed by atoms with Crippen molar-refractivity contribution in [1.29, 1.82) is 0 Å². The molecule has 0 aliphatic carbocycles. The third-order valence-corrected chi connectivity index (χ3v) is 5.15. The van der Waals surface area contributed by atoms with Crippen molar-refractivity contribution in [3.63, 3.8) is 0 Å². The Balaban J connectivity index is 1.45. The third kappa shape index (κ3) is 5.70. The minimum Gasteiger partial charge on any atom is -0.361 e. The molecule has 2 saturated heterocycles. The Kier molecular flexibility index (Phi) is 6.44. The fraction of sp³-hybridized carbons (Fsp3) is 0.733. The van der Waals surface area contributed by atoms with E-state index in [1.54, 1.807) is 0 Å². The van der Waals surface area contributed by atoms with Crippen LogP contribution in [0.15, 0.2) is 10.6 Å². The lowest BCUT2D eigenvalue weighted by molar-refractivity contribution is -0.157. The number of hydroxylamine groups is 2. The molecular weight excluding hydrogens is 378 g/mol. The number of nitrogens with zero attached hydrogens (tertiary/aromatic N) is 2. The van der Waals surface area contributed by atoms with Crippen LogP contribution in [0.3, 0.4) is 0 Å². The van der Waals surface area contributed by atoms with Gasteiger partial charge < -0.3 is 20.9 Å². The van der Waals surface area contributed by atoms with Gasteiger partial charge >= 0.3 is 10.4 Å². The third-order valence-electron chi connectivity index (χ3n) is 4.80. The summed E-state index contributed by atoms with van der Waals surface area (Å²) in [5.74, 6) is 0.261. The zero-order valence-electron chi connectivity index (χ0n) is 14.8. The first-order chi connectivity index (χ1) is 12.8. The molecule has 0 unspecified atom stereocenters. The number of hydrogen-bond donors (Lipinski definition) is 4. The van der Waals surface area contributed by atoms with E-state index in [0.717, 1.165) is 30.5 Å². The van der Waals surface area contributed by atoms with Crippen molar-refractivity contribution < 1.29 is 26.6 Å². The van der Waals surface area contributed by atoms with Gasteiger partial charge in [-0.15, -0.1) is 4.28 Å². The van der Waals surface area contributed by atoms with Crippen LogP contribution in [0.2, 0.25) is 0 Å². The summed E-state index contributed by atoms with van der Waals surface area (Å²) >= 11 is 0. The van der Waals surface area contributed by atoms with E-state index in [1.165, 1.54) is 0 Å². The molecule has 12 heteroatoms. The Morgan fingerprint density at radius 1 is 1.52 bits per heavy atom. The largest absolute Gasteiger partial charge is 0.418 e. The summed E-state index contributed by atoms with van der Waals surface area (Å²) in [4.78, 5) is 11.7. The fourth-order valence-electron chi connectivity index (χ4n) is 3.16. The molecule has 1 amide bonds. The first-order valence-electron chi connectivity index (χ1n) is 8.96. The van der Waals surface area contributed by atoms with Crippen LogP contribution in [0.5, 0.6) is 0 Å². The van der Waals surface area contributed by atoms with Crippen molar-refractivity contribution in [3.8, 4) is 0 Å². The van der Waals surface area contributed by atoms with Gasteiger partial charge in [-0.25, -0.2) is 0 Å². The maximum absolute atomic E-state index is 11.7. The quantitative estimate of drug-likeness (QED) is 0.367. The summed E-state index contributed by atoms with van der Waals surface area (Å²) < 4.78 is 40.2. The SMILES string of the molecule is N[C@@H](CC[C@@H]1CCC(=O)N1OS(=O)(=O)O)c1cc(CCNC2CNC2)on1. The van der Waals surface area contributed by atoms with E-state index in [2.05, 4.69) is 20.1 Å². The summed E-state index contributed by atoms with van der Waals surface area (Å²) in [6.07, 6.45) is 2.19. The maximum Gasteiger partial charge on any atom is 0.418 e. The smallest absolute Gasteiger partial charge is 0.361 e. The van der Waals surface area contributed by atoms with Crippen molar-refractivity contribution in [3.05, 3.63) is 17.5 Å². The highest BCUT2D eigenvalue weighted by molar-refractivity contribution is 7.80. The second-order valence-electron chi connectivity index (χ2n) is 6.88. The number of nitrogens with two attached hydrogens (primary N) is 1. The first-order valence-corrected chi connectivity index (χ1v) is 10.3. The Labute approximate surface area is 157 Å². The van der Waals surface area contributed by atoms with Crippen LogP contribution in [0.4, 0.5) is 0 Å². The molecule has 3 rings (SSSR count). The Hall–Kier alpha value is -1.57. The zero-order valence-corrected chi connectivity index (χ0v) is 15.7. The predicted molar refractivity (Wildman–Crippen MR) is 93.5 cm³/mol. The van der Waals surface area contributed by atoms with Gasteiger partial charge in [-0.1, -0.05) is 5.16 Å². The second-order valence-corrected chi connectivity index (χ2v) is 7.88. The number of aromatic nitrogens is 1. The molecular formula is C15H25N5O6S. The van der Waals surface area contributed by atoms with Gasteiger partial charge in [0, 0.05) is 44.6 Å². The van der Waals surface area contributed by atoms with E-state index in [4.69, 9.17) is 14.8 Å². The van der Waals surface area contributed by atoms with E-state index >= 15 is 0 Å². The number of rotatable bonds is 10. The Bertz CT molecular complexity index is 750. The Morgan fingerprint density at radius 2 is 2.30 bits per heavy atom. The van der Waals surface area contributed by atoms with Crippen molar-refractivity contribution >= 4 is 16.3 Å². The van der Waals surface area contributed by atoms with Crippen LogP contribution in [-0.4, -0.2) is 60.8 Å². The van der Waals surface area contributed by atoms with Gasteiger partial charge in [-0.3, -0.25) is 9.35 Å². The van der Waals surface area contributed by atoms with Crippen LogP contribution >= 0.6 is 0 Å². The highest BCUT2D eigenvalue weighted by Crippen LogP contribution is 2.26. The van der Waals surface area contributed by atoms with E-state index in [9.17, 15) is 13.2 Å². The van der Waals surface area contributed by atoms with E-state index in [1.807, 2.05) is 6.07 Å². The van der Waals surface area contributed by atoms with Crippen molar-refractivity contribution in [2.24, 2.45) is 5.73 Å². The average Bonchev–Trinajstić information content (AvgIpc) is 3.15. The molecule has 152 valence electrons. The van der Waals surface area contributed by atoms with Gasteiger partial charge in [0.1, 0.15) is 11.5 Å². The van der Waals surface area contributed by atoms with Crippen molar-refractivity contribution in [1.82, 2.24) is 20.9 Å². The lowest BCUT2D eigenvalue weighted by atomic mass is 10.0. The van der Waals surface area contributed by atoms with Crippen molar-refractivity contribution in [2.75, 3.05) is 19.6 Å². The van der Waals surface area contributed by atoms with Crippen LogP contribution in [0.25, 0.3) is 0 Å². The van der Waals surface area contributed by atoms with E-state index in [0.29, 0.717) is 37.4 Å². The predicted octanol–water partition coefficient (Wildman–Crippen LogP) is -0.716. The molecule has 0 spiro atoms. The molecule has 2 fully saturated rings. The fourth-order valence-corrected chi connectivity index (χ4v) is 3.57. The van der Waals surface area contributed by atoms with Crippen molar-refractivity contribution in [2.45, 2.75) is 50.2 Å². The minimum absolute atomic E-state index is 0.160. The number of carbonyl (C=O) groups is 1. The van der Waals surface area contributed by atoms with Crippen LogP contribution in [-0.2, 0) is 25.9 Å². The van der Waals surface area contributed by atoms with E-state index < -0.39 is 28.4 Å². The lowest BCUT2D eigenvalue weighted by Gasteiger charge is -2.27. The highest BCUT2D eigenvalue weighted by Gasteiger charge is 2.35. The summed E-state index contributed by atoms with van der Waals surface area (Å²) in [6, 6.07) is 1.46. The molecule has 1 aromatic heterocycles. The summed E-state index contributed by atoms with van der Waals surface area (Å²) in [6.45, 7) is 2.76. The van der Waals surface area contributed by atoms with Crippen LogP contribution in [0, 0.1) is 0 Å². The summed E-state index contributed by atoms with van der Waals surface area (Å²) in [5.41, 5.74) is 6.76. The molecule has 0 aromatic carbocycles. The number of amides is 1. The molecule has 11 nitrogen and oxygen atoms in total. The lowest BCUT2D eigenvalue weighted by Crippen LogP contribution is -2.55. The number of nitrogens with one attached hydrogen (secondary N) is 2. The zero-order chi connectivity index (χ0) is 19.4. The minimum atomic E-state index is -4.74. The molecule has 2 aliphatic rings.